The van der Waals surface area contributed by atoms with Crippen LogP contribution in [0.2, 0.25) is 0 Å². The summed E-state index contributed by atoms with van der Waals surface area (Å²) in [6.45, 7) is 9.05. The minimum Gasteiger partial charge on any atom is -0.316 e. The molecule has 3 heteroatoms. The molecule has 1 N–H and O–H groups in total. The summed E-state index contributed by atoms with van der Waals surface area (Å²) in [5, 5.41) is 6.92. The molecule has 0 atom stereocenters. The van der Waals surface area contributed by atoms with Crippen molar-refractivity contribution in [3.63, 3.8) is 0 Å². The highest BCUT2D eigenvalue weighted by Gasteiger charge is 2.26. The van der Waals surface area contributed by atoms with Gasteiger partial charge in [0, 0.05) is 24.5 Å². The number of rotatable bonds is 8. The van der Waals surface area contributed by atoms with E-state index in [9.17, 15) is 0 Å². The Morgan fingerprint density at radius 2 is 2.06 bits per heavy atom. The lowest BCUT2D eigenvalue weighted by atomic mass is 9.79. The van der Waals surface area contributed by atoms with Crippen LogP contribution in [0.5, 0.6) is 0 Å². The van der Waals surface area contributed by atoms with Crippen molar-refractivity contribution >= 4 is 11.3 Å². The van der Waals surface area contributed by atoms with Crippen LogP contribution in [-0.4, -0.2) is 18.1 Å². The third kappa shape index (κ3) is 3.87. The molecule has 0 bridgehead atoms. The number of aromatic nitrogens is 1. The smallest absolute Gasteiger partial charge is 0.0930 e. The van der Waals surface area contributed by atoms with Crippen molar-refractivity contribution in [2.45, 2.75) is 46.5 Å². The van der Waals surface area contributed by atoms with Crippen molar-refractivity contribution in [3.8, 4) is 0 Å². The summed E-state index contributed by atoms with van der Waals surface area (Å²) in [5.74, 6) is 0. The molecule has 1 aromatic heterocycles. The van der Waals surface area contributed by atoms with Gasteiger partial charge in [-0.3, -0.25) is 0 Å². The molecule has 0 spiro atoms. The zero-order valence-electron chi connectivity index (χ0n) is 10.8. The summed E-state index contributed by atoms with van der Waals surface area (Å²) in [5.41, 5.74) is 0.396. The number of hydrogen-bond acceptors (Lipinski definition) is 3. The average Bonchev–Trinajstić information content (AvgIpc) is 2.81. The van der Waals surface area contributed by atoms with Gasteiger partial charge in [-0.05, 0) is 31.2 Å². The fraction of sp³-hybridized carbons (Fsp3) is 0.769. The molecule has 0 aliphatic heterocycles. The van der Waals surface area contributed by atoms with Gasteiger partial charge in [-0.2, -0.15) is 0 Å². The molecule has 0 amide bonds. The SMILES string of the molecule is CCCNCC(CC)(CC)Cc1nccs1. The Bertz CT molecular complexity index is 265. The topological polar surface area (TPSA) is 24.9 Å². The zero-order valence-corrected chi connectivity index (χ0v) is 11.6. The Morgan fingerprint density at radius 3 is 2.56 bits per heavy atom. The van der Waals surface area contributed by atoms with Gasteiger partial charge in [0.25, 0.3) is 0 Å². The Morgan fingerprint density at radius 1 is 1.31 bits per heavy atom. The molecule has 0 unspecified atom stereocenters. The largest absolute Gasteiger partial charge is 0.316 e. The van der Waals surface area contributed by atoms with Crippen LogP contribution in [0.1, 0.15) is 45.0 Å². The molecule has 92 valence electrons. The molecule has 0 saturated heterocycles. The second-order valence-corrected chi connectivity index (χ2v) is 5.47. The van der Waals surface area contributed by atoms with Gasteiger partial charge in [-0.25, -0.2) is 4.98 Å². The van der Waals surface area contributed by atoms with Crippen LogP contribution in [0.4, 0.5) is 0 Å². The number of nitrogens with zero attached hydrogens (tertiary/aromatic N) is 1. The summed E-state index contributed by atoms with van der Waals surface area (Å²) < 4.78 is 0. The van der Waals surface area contributed by atoms with E-state index in [0.29, 0.717) is 5.41 Å². The van der Waals surface area contributed by atoms with E-state index in [1.165, 1.54) is 24.3 Å². The average molecular weight is 240 g/mol. The quantitative estimate of drug-likeness (QED) is 0.704. The molecule has 0 aromatic carbocycles. The summed E-state index contributed by atoms with van der Waals surface area (Å²) >= 11 is 1.78. The molecular formula is C13H24N2S. The number of hydrogen-bond donors (Lipinski definition) is 1. The van der Waals surface area contributed by atoms with Crippen LogP contribution in [0.15, 0.2) is 11.6 Å². The minimum atomic E-state index is 0.396. The highest BCUT2D eigenvalue weighted by molar-refractivity contribution is 7.09. The Hall–Kier alpha value is -0.410. The Balaban J connectivity index is 2.56. The van der Waals surface area contributed by atoms with E-state index in [2.05, 4.69) is 36.5 Å². The maximum atomic E-state index is 4.42. The highest BCUT2D eigenvalue weighted by Crippen LogP contribution is 2.30. The predicted molar refractivity (Wildman–Crippen MR) is 72.0 cm³/mol. The molecule has 0 fully saturated rings. The summed E-state index contributed by atoms with van der Waals surface area (Å²) in [4.78, 5) is 4.42. The molecule has 1 aromatic rings. The Kier molecular flexibility index (Phi) is 5.99. The highest BCUT2D eigenvalue weighted by atomic mass is 32.1. The first-order chi connectivity index (χ1) is 7.76. The van der Waals surface area contributed by atoms with E-state index < -0.39 is 0 Å². The lowest BCUT2D eigenvalue weighted by molar-refractivity contribution is 0.246. The fourth-order valence-corrected chi connectivity index (χ4v) is 2.79. The van der Waals surface area contributed by atoms with Crippen molar-refractivity contribution in [3.05, 3.63) is 16.6 Å². The zero-order chi connectivity index (χ0) is 11.9. The fourth-order valence-electron chi connectivity index (χ4n) is 2.00. The maximum absolute atomic E-state index is 4.42. The second kappa shape index (κ2) is 7.02. The lowest BCUT2D eigenvalue weighted by Crippen LogP contribution is -2.35. The van der Waals surface area contributed by atoms with Crippen LogP contribution in [0, 0.1) is 5.41 Å². The van der Waals surface area contributed by atoms with Crippen molar-refractivity contribution in [1.29, 1.82) is 0 Å². The van der Waals surface area contributed by atoms with Gasteiger partial charge in [0.15, 0.2) is 0 Å². The third-order valence-corrected chi connectivity index (χ3v) is 4.22. The van der Waals surface area contributed by atoms with Gasteiger partial charge >= 0.3 is 0 Å². The van der Waals surface area contributed by atoms with Crippen molar-refractivity contribution in [2.24, 2.45) is 5.41 Å². The second-order valence-electron chi connectivity index (χ2n) is 4.49. The van der Waals surface area contributed by atoms with Crippen molar-refractivity contribution in [1.82, 2.24) is 10.3 Å². The van der Waals surface area contributed by atoms with Crippen LogP contribution in [0.25, 0.3) is 0 Å². The molecule has 1 heterocycles. The van der Waals surface area contributed by atoms with Crippen LogP contribution >= 0.6 is 11.3 Å². The van der Waals surface area contributed by atoms with E-state index in [-0.39, 0.29) is 0 Å². The summed E-state index contributed by atoms with van der Waals surface area (Å²) in [6.07, 6.45) is 6.68. The van der Waals surface area contributed by atoms with Crippen molar-refractivity contribution in [2.75, 3.05) is 13.1 Å². The lowest BCUT2D eigenvalue weighted by Gasteiger charge is -2.31. The molecular weight excluding hydrogens is 216 g/mol. The first-order valence-corrected chi connectivity index (χ1v) is 7.23. The van der Waals surface area contributed by atoms with E-state index >= 15 is 0 Å². The summed E-state index contributed by atoms with van der Waals surface area (Å²) in [6, 6.07) is 0. The first-order valence-electron chi connectivity index (χ1n) is 6.35. The van der Waals surface area contributed by atoms with Crippen LogP contribution in [0.3, 0.4) is 0 Å². The van der Waals surface area contributed by atoms with E-state index in [1.54, 1.807) is 11.3 Å². The van der Waals surface area contributed by atoms with Crippen molar-refractivity contribution < 1.29 is 0 Å². The third-order valence-electron chi connectivity index (χ3n) is 3.44. The molecule has 16 heavy (non-hydrogen) atoms. The molecule has 2 nitrogen and oxygen atoms in total. The van der Waals surface area contributed by atoms with E-state index in [1.807, 2.05) is 6.20 Å². The maximum Gasteiger partial charge on any atom is 0.0930 e. The van der Waals surface area contributed by atoms with Gasteiger partial charge in [-0.15, -0.1) is 11.3 Å². The molecule has 0 radical (unpaired) electrons. The number of nitrogens with one attached hydrogen (secondary N) is 1. The van der Waals surface area contributed by atoms with Gasteiger partial charge in [0.05, 0.1) is 5.01 Å². The monoisotopic (exact) mass is 240 g/mol. The number of thiazole rings is 1. The van der Waals surface area contributed by atoms with Gasteiger partial charge in [-0.1, -0.05) is 20.8 Å². The summed E-state index contributed by atoms with van der Waals surface area (Å²) in [7, 11) is 0. The molecule has 0 aliphatic carbocycles. The standard InChI is InChI=1S/C13H24N2S/c1-4-7-14-11-13(5-2,6-3)10-12-15-8-9-16-12/h8-9,14H,4-7,10-11H2,1-3H3. The molecule has 1 rings (SSSR count). The van der Waals surface area contributed by atoms with Gasteiger partial charge in [0.1, 0.15) is 0 Å². The van der Waals surface area contributed by atoms with E-state index in [0.717, 1.165) is 19.5 Å². The predicted octanol–water partition coefficient (Wildman–Crippen LogP) is 3.49. The van der Waals surface area contributed by atoms with Crippen LogP contribution < -0.4 is 5.32 Å². The van der Waals surface area contributed by atoms with E-state index in [4.69, 9.17) is 0 Å². The van der Waals surface area contributed by atoms with Gasteiger partial charge < -0.3 is 5.32 Å². The van der Waals surface area contributed by atoms with Crippen LogP contribution in [-0.2, 0) is 6.42 Å². The first kappa shape index (κ1) is 13.7. The van der Waals surface area contributed by atoms with Gasteiger partial charge in [0.2, 0.25) is 0 Å². The Labute approximate surface area is 103 Å². The minimum absolute atomic E-state index is 0.396. The molecule has 0 saturated carbocycles. The normalized spacial score (nSPS) is 11.9. The molecule has 0 aliphatic rings.